The third kappa shape index (κ3) is 13.0. The molecule has 0 bridgehead atoms. The maximum atomic E-state index is 14.7. The molecule has 0 radical (unpaired) electrons. The van der Waals surface area contributed by atoms with Crippen LogP contribution in [0.3, 0.4) is 0 Å². The molecule has 33 heteroatoms. The topological polar surface area (TPSA) is 533 Å². The van der Waals surface area contributed by atoms with Gasteiger partial charge in [0.15, 0.2) is 53.7 Å². The Morgan fingerprint density at radius 1 is 0.547 bits per heavy atom. The van der Waals surface area contributed by atoms with E-state index >= 15 is 0 Å². The fourth-order valence-corrected chi connectivity index (χ4v) is 9.99. The van der Waals surface area contributed by atoms with Gasteiger partial charge in [0.05, 0.1) is 25.4 Å². The minimum Gasteiger partial charge on any atom is -0.508 e. The summed E-state index contributed by atoms with van der Waals surface area (Å²) in [5.41, 5.74) is -2.10. The molecule has 0 amide bonds. The number of benzene rings is 3. The van der Waals surface area contributed by atoms with Gasteiger partial charge in [-0.1, -0.05) is 6.07 Å². The van der Waals surface area contributed by atoms with Crippen molar-refractivity contribution in [1.82, 2.24) is 0 Å². The zero-order chi connectivity index (χ0) is 62.5. The van der Waals surface area contributed by atoms with Crippen molar-refractivity contribution in [2.45, 2.75) is 161 Å². The number of ether oxygens (including phenoxy) is 11. The van der Waals surface area contributed by atoms with Crippen LogP contribution in [0.4, 0.5) is 0 Å². The molecule has 5 aliphatic heterocycles. The molecule has 4 aromatic rings. The van der Waals surface area contributed by atoms with Crippen LogP contribution < -0.4 is 14.9 Å². The number of aliphatic hydroxyl groups excluding tert-OH is 13. The minimum absolute atomic E-state index is 0.224. The van der Waals surface area contributed by atoms with E-state index in [0.29, 0.717) is 0 Å². The van der Waals surface area contributed by atoms with Crippen molar-refractivity contribution in [2.24, 2.45) is 0 Å². The Balaban J connectivity index is 1.02. The lowest BCUT2D eigenvalue weighted by atomic mass is 9.96. The van der Waals surface area contributed by atoms with Gasteiger partial charge < -0.3 is 154 Å². The van der Waals surface area contributed by atoms with Crippen LogP contribution in [0, 0.1) is 0 Å². The van der Waals surface area contributed by atoms with Crippen molar-refractivity contribution < 1.29 is 158 Å². The van der Waals surface area contributed by atoms with E-state index in [2.05, 4.69) is 0 Å². The first kappa shape index (κ1) is 64.1. The Hall–Kier alpha value is -6.36. The van der Waals surface area contributed by atoms with Crippen LogP contribution in [-0.2, 0) is 47.4 Å². The smallest absolute Gasteiger partial charge is 0.330 e. The molecule has 474 valence electrons. The van der Waals surface area contributed by atoms with Crippen LogP contribution in [0.25, 0.3) is 28.4 Å². The Labute approximate surface area is 483 Å². The summed E-state index contributed by atoms with van der Waals surface area (Å²) in [5.74, 6) is -8.17. The first-order valence-corrected chi connectivity index (χ1v) is 26.4. The lowest BCUT2D eigenvalue weighted by Crippen LogP contribution is -2.67. The van der Waals surface area contributed by atoms with Crippen LogP contribution in [0.15, 0.2) is 57.8 Å². The van der Waals surface area contributed by atoms with Gasteiger partial charge in [-0.3, -0.25) is 4.79 Å². The Morgan fingerprint density at radius 3 is 1.77 bits per heavy atom. The third-order valence-corrected chi connectivity index (χ3v) is 14.9. The van der Waals surface area contributed by atoms with Gasteiger partial charge >= 0.3 is 5.97 Å². The largest absolute Gasteiger partial charge is 0.508 e. The number of esters is 1. The third-order valence-electron chi connectivity index (χ3n) is 14.9. The fraction of sp³-hybridized carbons (Fsp3) is 0.547. The monoisotopic (exact) mass is 1230 g/mol. The summed E-state index contributed by atoms with van der Waals surface area (Å²) in [4.78, 5) is 27.6. The summed E-state index contributed by atoms with van der Waals surface area (Å²) in [6.07, 6.45) is -43.2. The standard InChI is InChI=1S/C53H64O33/c1-15-31(62)37(68)42(73)50(77-15)81-28-14-76-49(41(72)35(28)66)83-45-23(59)8-18(9-24(45)60)44-46(36(67)30-22(58)10-19(55)11-25(30)79-44)84-52-47(39(70)32(63)16(2)78-52)86-53-48(85-51-43(74)38(69)33(64)26(12-54)80-51)40(71)34(65)27(82-53)13-75-29(61)6-4-17-3-5-20(56)21(57)7-17/h3-11,15-16,26-28,31-35,37-43,47-60,62-66,68-74H,12-14H2,1-2H3/b6-4+/t15?,16?,26?,27?,28-,31+,32+,33-,34-,35-,37+,38-,39+,40-,41?,42?,43?,47?,48?,49+,50+,51+,52+,53+/m1/s1. The lowest BCUT2D eigenvalue weighted by Gasteiger charge is -2.48. The summed E-state index contributed by atoms with van der Waals surface area (Å²) >= 11 is 0. The van der Waals surface area contributed by atoms with Crippen LogP contribution in [0.1, 0.15) is 19.4 Å². The van der Waals surface area contributed by atoms with Crippen molar-refractivity contribution in [3.05, 3.63) is 64.3 Å². The van der Waals surface area contributed by atoms with Crippen LogP contribution in [0.5, 0.6) is 46.0 Å². The van der Waals surface area contributed by atoms with E-state index in [1.165, 1.54) is 26.0 Å². The van der Waals surface area contributed by atoms with E-state index < -0.39 is 247 Å². The van der Waals surface area contributed by atoms with E-state index in [1.807, 2.05) is 0 Å². The molecule has 24 atom stereocenters. The predicted molar refractivity (Wildman–Crippen MR) is 275 cm³/mol. The molecule has 9 unspecified atom stereocenters. The molecule has 5 aliphatic rings. The van der Waals surface area contributed by atoms with Crippen molar-refractivity contribution in [3.8, 4) is 57.3 Å². The molecule has 9 rings (SSSR count). The quantitative estimate of drug-likeness (QED) is 0.0283. The minimum atomic E-state index is -2.26. The number of rotatable bonds is 16. The second kappa shape index (κ2) is 26.1. The zero-order valence-corrected chi connectivity index (χ0v) is 44.9. The van der Waals surface area contributed by atoms with E-state index in [-0.39, 0.29) is 5.56 Å². The molecule has 5 fully saturated rings. The van der Waals surface area contributed by atoms with Gasteiger partial charge in [0.1, 0.15) is 127 Å². The van der Waals surface area contributed by atoms with E-state index in [1.54, 1.807) is 0 Å². The SMILES string of the molecule is CC1O[C@@H](O[C@@H]2CO[C@@H](Oc3c(O)cc(-c4oc5cc(O)cc(O)c5c(=O)c4O[C@@H]4OC(C)[C@H](O)[C@H](O)C4O[C@@H]4OC(COC(=O)/C=C/c5ccc(O)c(O)c5)[C@@H](O)[C@@H](O)C4O[C@@H]4OC(CO)[C@@H](O)[C@@H](O)C4O)cc3O)C(O)[C@@H]2O)C(O)[C@@H](O)[C@H]1O. The molecular weight excluding hydrogens is 1160 g/mol. The van der Waals surface area contributed by atoms with Crippen molar-refractivity contribution in [2.75, 3.05) is 19.8 Å². The molecule has 0 saturated carbocycles. The van der Waals surface area contributed by atoms with Crippen LogP contribution in [-0.4, -0.2) is 270 Å². The Morgan fingerprint density at radius 2 is 1.10 bits per heavy atom. The molecule has 86 heavy (non-hydrogen) atoms. The zero-order valence-electron chi connectivity index (χ0n) is 44.9. The van der Waals surface area contributed by atoms with Gasteiger partial charge in [-0.25, -0.2) is 4.79 Å². The summed E-state index contributed by atoms with van der Waals surface area (Å²) in [7, 11) is 0. The highest BCUT2D eigenvalue weighted by molar-refractivity contribution is 5.89. The molecule has 6 heterocycles. The van der Waals surface area contributed by atoms with Crippen LogP contribution in [0.2, 0.25) is 0 Å². The number of carbonyl (C=O) groups excluding carboxylic acids is 1. The molecule has 3 aromatic carbocycles. The number of phenolic OH excluding ortho intramolecular Hbond substituents is 6. The first-order valence-electron chi connectivity index (χ1n) is 26.4. The van der Waals surface area contributed by atoms with E-state index in [4.69, 9.17) is 56.5 Å². The maximum absolute atomic E-state index is 14.7. The van der Waals surface area contributed by atoms with Crippen molar-refractivity contribution in [3.63, 3.8) is 0 Å². The van der Waals surface area contributed by atoms with Crippen molar-refractivity contribution in [1.29, 1.82) is 0 Å². The number of hydrogen-bond acceptors (Lipinski definition) is 33. The van der Waals surface area contributed by atoms with E-state index in [9.17, 15) is 107 Å². The number of phenols is 6. The summed E-state index contributed by atoms with van der Waals surface area (Å²) in [6.45, 7) is 0.137. The average Bonchev–Trinajstić information content (AvgIpc) is 1.01. The Kier molecular flexibility index (Phi) is 19.5. The van der Waals surface area contributed by atoms with Gasteiger partial charge in [0, 0.05) is 23.8 Å². The second-order valence-electron chi connectivity index (χ2n) is 20.9. The number of fused-ring (bicyclic) bond motifs is 1. The maximum Gasteiger partial charge on any atom is 0.330 e. The van der Waals surface area contributed by atoms with Gasteiger partial charge in [-0.15, -0.1) is 0 Å². The lowest BCUT2D eigenvalue weighted by molar-refractivity contribution is -0.388. The van der Waals surface area contributed by atoms with Gasteiger partial charge in [-0.05, 0) is 49.8 Å². The fourth-order valence-electron chi connectivity index (χ4n) is 9.99. The van der Waals surface area contributed by atoms with E-state index in [0.717, 1.165) is 42.5 Å². The predicted octanol–water partition coefficient (Wildman–Crippen LogP) is -5.52. The summed E-state index contributed by atoms with van der Waals surface area (Å²) in [6, 6.07) is 6.81. The summed E-state index contributed by atoms with van der Waals surface area (Å²) in [5, 5.41) is 204. The highest BCUT2D eigenvalue weighted by atomic mass is 16.8. The summed E-state index contributed by atoms with van der Waals surface area (Å²) < 4.78 is 68.8. The highest BCUT2D eigenvalue weighted by Gasteiger charge is 2.55. The first-order chi connectivity index (χ1) is 40.7. The van der Waals surface area contributed by atoms with Crippen molar-refractivity contribution >= 4 is 23.0 Å². The molecule has 19 N–H and O–H groups in total. The molecule has 33 nitrogen and oxygen atoms in total. The average molecular weight is 1230 g/mol. The molecular formula is C53H64O33. The molecule has 1 aromatic heterocycles. The number of hydrogen-bond donors (Lipinski definition) is 19. The van der Waals surface area contributed by atoms with Gasteiger partial charge in [0.2, 0.25) is 29.5 Å². The Bertz CT molecular complexity index is 3100. The highest BCUT2D eigenvalue weighted by Crippen LogP contribution is 2.46. The van der Waals surface area contributed by atoms with Gasteiger partial charge in [0.25, 0.3) is 0 Å². The van der Waals surface area contributed by atoms with Gasteiger partial charge in [-0.2, -0.15) is 0 Å². The number of carbonyl (C=O) groups is 1. The van der Waals surface area contributed by atoms with Crippen LogP contribution >= 0.6 is 0 Å². The molecule has 0 spiro atoms. The number of aliphatic hydroxyl groups is 13. The molecule has 5 saturated heterocycles. The normalized spacial score (nSPS) is 37.8. The molecule has 0 aliphatic carbocycles. The number of aromatic hydroxyl groups is 6. The second-order valence-corrected chi connectivity index (χ2v) is 20.9.